The van der Waals surface area contributed by atoms with E-state index in [2.05, 4.69) is 56.6 Å². The number of likely N-dealkylation sites (tertiary alicyclic amines) is 1. The van der Waals surface area contributed by atoms with Gasteiger partial charge in [0.15, 0.2) is 0 Å². The predicted molar refractivity (Wildman–Crippen MR) is 152 cm³/mol. The lowest BCUT2D eigenvalue weighted by Crippen LogP contribution is -2.24. The molecule has 0 radical (unpaired) electrons. The van der Waals surface area contributed by atoms with Crippen molar-refractivity contribution in [2.75, 3.05) is 20.1 Å². The maximum absolute atomic E-state index is 12.9. The fourth-order valence-electron chi connectivity index (χ4n) is 3.29. The van der Waals surface area contributed by atoms with Crippen LogP contribution in [0.2, 0.25) is 0 Å². The molecule has 1 heterocycles. The number of carbonyl (C=O) groups is 1. The number of nitrogens with zero attached hydrogens (tertiary/aromatic N) is 1. The minimum absolute atomic E-state index is 0.222. The zero-order valence-corrected chi connectivity index (χ0v) is 22.6. The van der Waals surface area contributed by atoms with E-state index in [-0.39, 0.29) is 5.82 Å². The van der Waals surface area contributed by atoms with E-state index >= 15 is 0 Å². The minimum Gasteiger partial charge on any atom is -0.306 e. The van der Waals surface area contributed by atoms with Gasteiger partial charge in [-0.1, -0.05) is 90.9 Å². The van der Waals surface area contributed by atoms with Gasteiger partial charge in [0, 0.05) is 0 Å². The maximum Gasteiger partial charge on any atom is 0.123 e. The van der Waals surface area contributed by atoms with Crippen LogP contribution in [0.25, 0.3) is 5.57 Å². The number of piperidine rings is 1. The lowest BCUT2D eigenvalue weighted by atomic mass is 9.99. The van der Waals surface area contributed by atoms with Crippen molar-refractivity contribution >= 4 is 11.9 Å². The summed E-state index contributed by atoms with van der Waals surface area (Å²) in [5.41, 5.74) is 5.71. The molecular formula is C32H44FNO. The molecule has 0 aliphatic carbocycles. The van der Waals surface area contributed by atoms with Gasteiger partial charge in [0.05, 0.1) is 0 Å². The first kappa shape index (κ1) is 32.0. The van der Waals surface area contributed by atoms with E-state index in [4.69, 9.17) is 4.79 Å². The van der Waals surface area contributed by atoms with Crippen LogP contribution >= 0.6 is 0 Å². The molecule has 1 aliphatic heterocycles. The van der Waals surface area contributed by atoms with Gasteiger partial charge in [-0.3, -0.25) is 0 Å². The van der Waals surface area contributed by atoms with Crippen molar-refractivity contribution in [2.45, 2.75) is 53.9 Å². The minimum atomic E-state index is -0.222. The second-order valence-electron chi connectivity index (χ2n) is 8.33. The molecule has 0 atom stereocenters. The Kier molecular flexibility index (Phi) is 18.6. The number of hydrogen-bond donors (Lipinski definition) is 0. The summed E-state index contributed by atoms with van der Waals surface area (Å²) >= 11 is 0. The summed E-state index contributed by atoms with van der Waals surface area (Å²) in [7, 11) is 2.19. The third-order valence-electron chi connectivity index (χ3n) is 5.16. The smallest absolute Gasteiger partial charge is 0.123 e. The molecule has 0 unspecified atom stereocenters. The first-order valence-electron chi connectivity index (χ1n) is 12.3. The zero-order chi connectivity index (χ0) is 26.5. The van der Waals surface area contributed by atoms with Crippen LogP contribution in [0.4, 0.5) is 4.39 Å². The Morgan fingerprint density at radius 1 is 0.829 bits per heavy atom. The van der Waals surface area contributed by atoms with Crippen molar-refractivity contribution in [1.82, 2.24) is 4.90 Å². The molecule has 1 saturated heterocycles. The molecule has 0 spiro atoms. The highest BCUT2D eigenvalue weighted by atomic mass is 19.1. The number of allylic oxidation sites excluding steroid dienone is 7. The van der Waals surface area contributed by atoms with Crippen LogP contribution in [0.5, 0.6) is 0 Å². The lowest BCUT2D eigenvalue weighted by molar-refractivity contribution is -0.106. The van der Waals surface area contributed by atoms with Crippen molar-refractivity contribution in [1.29, 1.82) is 0 Å². The van der Waals surface area contributed by atoms with E-state index < -0.39 is 0 Å². The third-order valence-corrected chi connectivity index (χ3v) is 5.16. The van der Waals surface area contributed by atoms with Gasteiger partial charge < -0.3 is 9.69 Å². The number of rotatable bonds is 4. The molecule has 0 saturated carbocycles. The van der Waals surface area contributed by atoms with E-state index in [9.17, 15) is 4.39 Å². The van der Waals surface area contributed by atoms with Crippen LogP contribution in [0.3, 0.4) is 0 Å². The van der Waals surface area contributed by atoms with Crippen LogP contribution in [-0.2, 0) is 4.79 Å². The monoisotopic (exact) mass is 477 g/mol. The molecule has 1 aliphatic rings. The Hall–Kier alpha value is -3.04. The highest BCUT2D eigenvalue weighted by Crippen LogP contribution is 2.22. The summed E-state index contributed by atoms with van der Waals surface area (Å²) in [5, 5.41) is 0. The second-order valence-corrected chi connectivity index (χ2v) is 8.33. The van der Waals surface area contributed by atoms with Crippen molar-refractivity contribution in [3.05, 3.63) is 114 Å². The van der Waals surface area contributed by atoms with Crippen molar-refractivity contribution in [3.8, 4) is 0 Å². The van der Waals surface area contributed by atoms with Gasteiger partial charge in [-0.15, -0.1) is 0 Å². The molecule has 1 fully saturated rings. The largest absolute Gasteiger partial charge is 0.306 e. The number of benzene rings is 2. The summed E-state index contributed by atoms with van der Waals surface area (Å²) in [6.07, 6.45) is 14.8. The summed E-state index contributed by atoms with van der Waals surface area (Å²) in [6, 6.07) is 15.0. The highest BCUT2D eigenvalue weighted by Gasteiger charge is 2.03. The molecule has 0 bridgehead atoms. The van der Waals surface area contributed by atoms with Crippen LogP contribution in [-0.4, -0.2) is 31.3 Å². The summed E-state index contributed by atoms with van der Waals surface area (Å²) in [4.78, 5) is 11.2. The van der Waals surface area contributed by atoms with Gasteiger partial charge >= 0.3 is 0 Å². The van der Waals surface area contributed by atoms with Gasteiger partial charge in [-0.05, 0) is 96.4 Å². The number of halogens is 1. The van der Waals surface area contributed by atoms with Crippen molar-refractivity contribution in [2.24, 2.45) is 0 Å². The standard InChI is InChI=1S/C16H17F.C8H10.C6H13N.C2H4O/c1-4-7-13(6-3)16(8-5-2)14-9-11-15(17)12-10-14;1-7-3-5-8(2)6-4-7;1-7-5-3-2-4-6-7;1-2-3/h4-12H,3H2,1-2H3;3-6H,1-2H3;2-6H2,1H3;2H,1H3/b7-4+,8-5-,16-13-;;;. The molecule has 0 amide bonds. The molecular weight excluding hydrogens is 433 g/mol. The maximum atomic E-state index is 12.9. The summed E-state index contributed by atoms with van der Waals surface area (Å²) in [5.74, 6) is -0.222. The van der Waals surface area contributed by atoms with E-state index in [0.29, 0.717) is 0 Å². The van der Waals surface area contributed by atoms with Crippen molar-refractivity contribution < 1.29 is 9.18 Å². The van der Waals surface area contributed by atoms with Gasteiger partial charge in [-0.2, -0.15) is 0 Å². The quantitative estimate of drug-likeness (QED) is 0.325. The Balaban J connectivity index is 0.000000528. The fourth-order valence-corrected chi connectivity index (χ4v) is 3.29. The molecule has 190 valence electrons. The third kappa shape index (κ3) is 15.5. The number of aryl methyl sites for hydroxylation is 2. The van der Waals surface area contributed by atoms with Gasteiger partial charge in [0.2, 0.25) is 0 Å². The molecule has 3 heteroatoms. The lowest BCUT2D eigenvalue weighted by Gasteiger charge is -2.20. The molecule has 3 rings (SSSR count). The van der Waals surface area contributed by atoms with E-state index in [1.807, 2.05) is 38.2 Å². The van der Waals surface area contributed by atoms with Crippen molar-refractivity contribution in [3.63, 3.8) is 0 Å². The SMILES string of the molecule is C=CC(/C=C/C)=C(\C=C/C)c1ccc(F)cc1.CC=O.CN1CCCCC1.Cc1ccc(C)cc1. The number of hydrogen-bond acceptors (Lipinski definition) is 2. The predicted octanol–water partition coefficient (Wildman–Crippen LogP) is 8.53. The summed E-state index contributed by atoms with van der Waals surface area (Å²) < 4.78 is 12.9. The summed E-state index contributed by atoms with van der Waals surface area (Å²) in [6.45, 7) is 16.0. The van der Waals surface area contributed by atoms with Crippen LogP contribution in [0, 0.1) is 19.7 Å². The molecule has 2 aromatic rings. The van der Waals surface area contributed by atoms with Crippen LogP contribution in [0.1, 0.15) is 56.7 Å². The molecule has 2 aromatic carbocycles. The molecule has 0 aromatic heterocycles. The molecule has 2 nitrogen and oxygen atoms in total. The second kappa shape index (κ2) is 20.3. The Labute approximate surface area is 213 Å². The Bertz CT molecular complexity index is 894. The Morgan fingerprint density at radius 2 is 1.29 bits per heavy atom. The first-order chi connectivity index (χ1) is 16.8. The van der Waals surface area contributed by atoms with Crippen LogP contribution < -0.4 is 0 Å². The highest BCUT2D eigenvalue weighted by molar-refractivity contribution is 5.80. The topological polar surface area (TPSA) is 20.3 Å². The van der Waals surface area contributed by atoms with E-state index in [1.165, 1.54) is 62.5 Å². The molecule has 0 N–H and O–H groups in total. The van der Waals surface area contributed by atoms with Gasteiger partial charge in [0.1, 0.15) is 12.1 Å². The molecule has 35 heavy (non-hydrogen) atoms. The zero-order valence-electron chi connectivity index (χ0n) is 22.6. The first-order valence-corrected chi connectivity index (χ1v) is 12.3. The number of aldehydes is 1. The fraction of sp³-hybridized carbons (Fsp3) is 0.344. The van der Waals surface area contributed by atoms with E-state index in [1.54, 1.807) is 18.2 Å². The number of carbonyl (C=O) groups excluding carboxylic acids is 1. The van der Waals surface area contributed by atoms with E-state index in [0.717, 1.165) is 23.0 Å². The average Bonchev–Trinajstić information content (AvgIpc) is 2.86. The van der Waals surface area contributed by atoms with Crippen LogP contribution in [0.15, 0.2) is 91.1 Å². The normalized spacial score (nSPS) is 13.9. The Morgan fingerprint density at radius 3 is 1.63 bits per heavy atom. The van der Waals surface area contributed by atoms with Gasteiger partial charge in [0.25, 0.3) is 0 Å². The van der Waals surface area contributed by atoms with Gasteiger partial charge in [-0.25, -0.2) is 4.39 Å². The average molecular weight is 478 g/mol.